The minimum Gasteiger partial charge on any atom is -0.494 e. The normalized spacial score (nSPS) is 9.89. The molecular weight excluding hydrogens is 238 g/mol. The second-order valence-electron chi connectivity index (χ2n) is 3.27. The molecule has 0 aromatic heterocycles. The number of amides is 1. The van der Waals surface area contributed by atoms with Crippen molar-refractivity contribution in [2.24, 2.45) is 0 Å². The molecule has 0 radical (unpaired) electrons. The van der Waals surface area contributed by atoms with Gasteiger partial charge in [-0.15, -0.1) is 0 Å². The van der Waals surface area contributed by atoms with Gasteiger partial charge < -0.3 is 14.2 Å². The van der Waals surface area contributed by atoms with Crippen LogP contribution < -0.4 is 15.0 Å². The molecule has 1 N–H and O–H groups in total. The van der Waals surface area contributed by atoms with Crippen LogP contribution in [0, 0.1) is 0 Å². The molecule has 0 spiro atoms. The van der Waals surface area contributed by atoms with Crippen LogP contribution in [0.1, 0.15) is 6.92 Å². The molecule has 0 atom stereocenters. The van der Waals surface area contributed by atoms with Crippen LogP contribution in [0.5, 0.6) is 11.5 Å². The Morgan fingerprint density at radius 3 is 2.33 bits per heavy atom. The van der Waals surface area contributed by atoms with Crippen LogP contribution in [0.4, 0.5) is 0 Å². The van der Waals surface area contributed by atoms with E-state index in [0.717, 1.165) is 5.75 Å². The summed E-state index contributed by atoms with van der Waals surface area (Å²) in [7, 11) is 1.46. The predicted octanol–water partition coefficient (Wildman–Crippen LogP) is 1.12. The molecule has 0 saturated heterocycles. The van der Waals surface area contributed by atoms with E-state index in [0.29, 0.717) is 12.4 Å². The molecule has 0 aliphatic carbocycles. The van der Waals surface area contributed by atoms with Crippen LogP contribution in [-0.4, -0.2) is 33.0 Å². The van der Waals surface area contributed by atoms with E-state index in [1.54, 1.807) is 24.3 Å². The number of methoxy groups -OCH3 is 1. The van der Waals surface area contributed by atoms with E-state index >= 15 is 0 Å². The average Bonchev–Trinajstić information content (AvgIpc) is 2.39. The summed E-state index contributed by atoms with van der Waals surface area (Å²) < 4.78 is 15.1. The highest BCUT2D eigenvalue weighted by Gasteiger charge is 2.02. The van der Waals surface area contributed by atoms with Gasteiger partial charge in [0.1, 0.15) is 11.5 Å². The molecule has 1 amide bonds. The second-order valence-corrected chi connectivity index (χ2v) is 3.27. The Balaban J connectivity index is 2.27. The first-order valence-electron chi connectivity index (χ1n) is 5.51. The number of carbonyl (C=O) groups is 1. The van der Waals surface area contributed by atoms with Gasteiger partial charge in [0.25, 0.3) is 5.91 Å². The van der Waals surface area contributed by atoms with Gasteiger partial charge >= 0.3 is 0 Å². The Morgan fingerprint density at radius 2 is 1.78 bits per heavy atom. The van der Waals surface area contributed by atoms with E-state index in [9.17, 15) is 4.79 Å². The summed E-state index contributed by atoms with van der Waals surface area (Å²) in [6.07, 6.45) is 0. The predicted molar refractivity (Wildman–Crippen MR) is 64.2 cm³/mol. The van der Waals surface area contributed by atoms with Crippen molar-refractivity contribution >= 4 is 5.91 Å². The van der Waals surface area contributed by atoms with Crippen LogP contribution in [-0.2, 0) is 14.4 Å². The lowest BCUT2D eigenvalue weighted by Crippen LogP contribution is -2.29. The van der Waals surface area contributed by atoms with Crippen molar-refractivity contribution in [3.63, 3.8) is 0 Å². The molecule has 0 bridgehead atoms. The number of nitrogens with one attached hydrogen (secondary N) is 1. The molecule has 0 fully saturated rings. The number of hydrogen-bond donors (Lipinski definition) is 1. The van der Waals surface area contributed by atoms with Gasteiger partial charge in [0, 0.05) is 7.11 Å². The maximum atomic E-state index is 11.2. The average molecular weight is 255 g/mol. The Kier molecular flexibility index (Phi) is 6.60. The standard InChI is InChI=1S/C12H17NO5/c1-3-16-10-4-6-11(7-5-10)17-8-12(14)13-18-9-15-2/h4-7H,3,8-9H2,1-2H3,(H,13,14). The smallest absolute Gasteiger partial charge is 0.281 e. The van der Waals surface area contributed by atoms with Crippen molar-refractivity contribution in [1.29, 1.82) is 0 Å². The fourth-order valence-electron chi connectivity index (χ4n) is 1.15. The SMILES string of the molecule is CCOc1ccc(OCC(=O)NOCOC)cc1. The van der Waals surface area contributed by atoms with Gasteiger partial charge in [-0.25, -0.2) is 10.3 Å². The maximum Gasteiger partial charge on any atom is 0.281 e. The quantitative estimate of drug-likeness (QED) is 0.428. The third kappa shape index (κ3) is 5.51. The molecule has 1 aromatic rings. The fraction of sp³-hybridized carbons (Fsp3) is 0.417. The third-order valence-electron chi connectivity index (χ3n) is 1.87. The lowest BCUT2D eigenvalue weighted by Gasteiger charge is -2.08. The molecule has 0 aliphatic rings. The summed E-state index contributed by atoms with van der Waals surface area (Å²) in [6.45, 7) is 2.39. The zero-order valence-corrected chi connectivity index (χ0v) is 10.5. The zero-order valence-electron chi connectivity index (χ0n) is 10.5. The summed E-state index contributed by atoms with van der Waals surface area (Å²) in [6, 6.07) is 7.01. The number of carbonyl (C=O) groups excluding carboxylic acids is 1. The van der Waals surface area contributed by atoms with Gasteiger partial charge in [0.05, 0.1) is 6.61 Å². The summed E-state index contributed by atoms with van der Waals surface area (Å²) in [4.78, 5) is 15.9. The van der Waals surface area contributed by atoms with Crippen LogP contribution in [0.25, 0.3) is 0 Å². The Hall–Kier alpha value is -1.79. The number of hydrogen-bond acceptors (Lipinski definition) is 5. The minimum atomic E-state index is -0.388. The highest BCUT2D eigenvalue weighted by molar-refractivity contribution is 5.76. The molecule has 1 rings (SSSR count). The fourth-order valence-corrected chi connectivity index (χ4v) is 1.15. The van der Waals surface area contributed by atoms with Crippen molar-refractivity contribution in [3.05, 3.63) is 24.3 Å². The van der Waals surface area contributed by atoms with E-state index in [1.165, 1.54) is 7.11 Å². The molecule has 100 valence electrons. The molecule has 6 heteroatoms. The summed E-state index contributed by atoms with van der Waals surface area (Å²) >= 11 is 0. The monoisotopic (exact) mass is 255 g/mol. The highest BCUT2D eigenvalue weighted by atomic mass is 16.8. The zero-order chi connectivity index (χ0) is 13.2. The molecule has 0 aliphatic heterocycles. The van der Waals surface area contributed by atoms with Crippen molar-refractivity contribution in [2.45, 2.75) is 6.92 Å². The van der Waals surface area contributed by atoms with Crippen LogP contribution >= 0.6 is 0 Å². The number of rotatable bonds is 8. The molecular formula is C12H17NO5. The van der Waals surface area contributed by atoms with Gasteiger partial charge in [0.15, 0.2) is 13.4 Å². The largest absolute Gasteiger partial charge is 0.494 e. The number of ether oxygens (including phenoxy) is 3. The maximum absolute atomic E-state index is 11.2. The minimum absolute atomic E-state index is 0.00517. The second kappa shape index (κ2) is 8.32. The lowest BCUT2D eigenvalue weighted by molar-refractivity contribution is -0.146. The molecule has 1 aromatic carbocycles. The Bertz CT molecular complexity index is 352. The van der Waals surface area contributed by atoms with E-state index < -0.39 is 0 Å². The first-order valence-corrected chi connectivity index (χ1v) is 5.51. The molecule has 18 heavy (non-hydrogen) atoms. The summed E-state index contributed by atoms with van der Waals surface area (Å²) in [5.74, 6) is 0.957. The van der Waals surface area contributed by atoms with Gasteiger partial charge in [-0.3, -0.25) is 4.79 Å². The van der Waals surface area contributed by atoms with Crippen LogP contribution in [0.3, 0.4) is 0 Å². The van der Waals surface area contributed by atoms with Gasteiger partial charge in [-0.2, -0.15) is 0 Å². The Labute approximate surface area is 106 Å². The van der Waals surface area contributed by atoms with Crippen LogP contribution in [0.15, 0.2) is 24.3 Å². The molecule has 0 saturated carbocycles. The topological polar surface area (TPSA) is 66.0 Å². The number of hydroxylamine groups is 1. The van der Waals surface area contributed by atoms with Crippen molar-refractivity contribution < 1.29 is 23.8 Å². The van der Waals surface area contributed by atoms with Gasteiger partial charge in [-0.05, 0) is 31.2 Å². The van der Waals surface area contributed by atoms with E-state index in [1.807, 2.05) is 6.92 Å². The van der Waals surface area contributed by atoms with Crippen molar-refractivity contribution in [3.8, 4) is 11.5 Å². The van der Waals surface area contributed by atoms with Crippen molar-refractivity contribution in [1.82, 2.24) is 5.48 Å². The molecule has 0 heterocycles. The first-order chi connectivity index (χ1) is 8.76. The van der Waals surface area contributed by atoms with Crippen molar-refractivity contribution in [2.75, 3.05) is 27.1 Å². The van der Waals surface area contributed by atoms with E-state index in [-0.39, 0.29) is 19.3 Å². The molecule has 6 nitrogen and oxygen atoms in total. The first kappa shape index (κ1) is 14.3. The van der Waals surface area contributed by atoms with Crippen LogP contribution in [0.2, 0.25) is 0 Å². The Morgan fingerprint density at radius 1 is 1.17 bits per heavy atom. The van der Waals surface area contributed by atoms with E-state index in [2.05, 4.69) is 15.1 Å². The van der Waals surface area contributed by atoms with Gasteiger partial charge in [0.2, 0.25) is 0 Å². The summed E-state index contributed by atoms with van der Waals surface area (Å²) in [5.41, 5.74) is 2.17. The highest BCUT2D eigenvalue weighted by Crippen LogP contribution is 2.17. The van der Waals surface area contributed by atoms with E-state index in [4.69, 9.17) is 9.47 Å². The summed E-state index contributed by atoms with van der Waals surface area (Å²) in [5, 5.41) is 0. The lowest BCUT2D eigenvalue weighted by atomic mass is 10.3. The van der Waals surface area contributed by atoms with Gasteiger partial charge in [-0.1, -0.05) is 0 Å². The molecule has 0 unspecified atom stereocenters. The number of benzene rings is 1. The third-order valence-corrected chi connectivity index (χ3v) is 1.87.